The molecule has 1 rings (SSSR count). The highest BCUT2D eigenvalue weighted by atomic mass is 79.9. The number of amides is 1. The number of hydrogen-bond donors (Lipinski definition) is 0. The molecule has 0 aromatic heterocycles. The van der Waals surface area contributed by atoms with Crippen LogP contribution in [0, 0.1) is 0 Å². The average Bonchev–Trinajstić information content (AvgIpc) is 1.82. The molecular formula is C6H6BrNO2. The van der Waals surface area contributed by atoms with Crippen LogP contribution in [0.25, 0.3) is 0 Å². The fourth-order valence-corrected chi connectivity index (χ4v) is 1.32. The molecule has 54 valence electrons. The van der Waals surface area contributed by atoms with E-state index in [0.717, 1.165) is 4.48 Å². The van der Waals surface area contributed by atoms with Gasteiger partial charge in [0, 0.05) is 17.6 Å². The maximum absolute atomic E-state index is 10.8. The number of carbonyl (C=O) groups excluding carboxylic acids is 2. The second-order valence-electron chi connectivity index (χ2n) is 2.12. The van der Waals surface area contributed by atoms with Crippen LogP contribution in [0.2, 0.25) is 0 Å². The molecular weight excluding hydrogens is 198 g/mol. The van der Waals surface area contributed by atoms with E-state index in [1.807, 2.05) is 0 Å². The Morgan fingerprint density at radius 1 is 1.60 bits per heavy atom. The van der Waals surface area contributed by atoms with Gasteiger partial charge in [0.05, 0.1) is 6.54 Å². The summed E-state index contributed by atoms with van der Waals surface area (Å²) in [5, 5.41) is 0. The zero-order valence-electron chi connectivity index (χ0n) is 5.43. The molecule has 0 unspecified atom stereocenters. The van der Waals surface area contributed by atoms with Crippen molar-refractivity contribution in [1.82, 2.24) is 4.90 Å². The third kappa shape index (κ3) is 1.26. The minimum atomic E-state index is -0.458. The van der Waals surface area contributed by atoms with Gasteiger partial charge in [-0.2, -0.15) is 0 Å². The van der Waals surface area contributed by atoms with Crippen LogP contribution in [0.4, 0.5) is 0 Å². The molecule has 0 fully saturated rings. The minimum Gasteiger partial charge on any atom is -0.334 e. The normalized spacial score (nSPS) is 19.4. The lowest BCUT2D eigenvalue weighted by molar-refractivity contribution is -0.141. The third-order valence-corrected chi connectivity index (χ3v) is 1.71. The number of rotatable bonds is 0. The Bertz CT molecular complexity index is 222. The van der Waals surface area contributed by atoms with Crippen LogP contribution in [0.5, 0.6) is 0 Å². The van der Waals surface area contributed by atoms with Crippen molar-refractivity contribution in [1.29, 1.82) is 0 Å². The van der Waals surface area contributed by atoms with E-state index < -0.39 is 11.7 Å². The monoisotopic (exact) mass is 203 g/mol. The fraction of sp³-hybridized carbons (Fsp3) is 0.333. The Hall–Kier alpha value is -0.640. The van der Waals surface area contributed by atoms with Gasteiger partial charge in [-0.25, -0.2) is 0 Å². The highest BCUT2D eigenvalue weighted by Crippen LogP contribution is 2.11. The first-order chi connectivity index (χ1) is 4.61. The smallest absolute Gasteiger partial charge is 0.294 e. The number of nitrogens with zero attached hydrogens (tertiary/aromatic N) is 1. The molecule has 0 atom stereocenters. The molecule has 0 aliphatic carbocycles. The summed E-state index contributed by atoms with van der Waals surface area (Å²) in [5.74, 6) is -0.899. The van der Waals surface area contributed by atoms with Gasteiger partial charge in [0.1, 0.15) is 0 Å². The lowest BCUT2D eigenvalue weighted by Gasteiger charge is -2.18. The van der Waals surface area contributed by atoms with Gasteiger partial charge in [0.25, 0.3) is 5.91 Å². The van der Waals surface area contributed by atoms with E-state index in [-0.39, 0.29) is 0 Å². The van der Waals surface area contributed by atoms with Crippen LogP contribution in [0.3, 0.4) is 0 Å². The number of ketones is 1. The Morgan fingerprint density at radius 2 is 2.20 bits per heavy atom. The topological polar surface area (TPSA) is 37.4 Å². The fourth-order valence-electron chi connectivity index (χ4n) is 0.736. The summed E-state index contributed by atoms with van der Waals surface area (Å²) >= 11 is 3.14. The summed E-state index contributed by atoms with van der Waals surface area (Å²) in [6, 6.07) is 0. The molecule has 0 saturated heterocycles. The quantitative estimate of drug-likeness (QED) is 0.532. The van der Waals surface area contributed by atoms with E-state index in [1.54, 1.807) is 7.05 Å². The number of halogens is 1. The summed E-state index contributed by atoms with van der Waals surface area (Å²) in [6.07, 6.45) is 1.31. The van der Waals surface area contributed by atoms with Gasteiger partial charge in [-0.1, -0.05) is 15.9 Å². The highest BCUT2D eigenvalue weighted by Gasteiger charge is 2.21. The lowest BCUT2D eigenvalue weighted by Crippen LogP contribution is -2.36. The van der Waals surface area contributed by atoms with Crippen LogP contribution in [0.1, 0.15) is 0 Å². The summed E-state index contributed by atoms with van der Waals surface area (Å²) in [4.78, 5) is 22.9. The second kappa shape index (κ2) is 2.54. The molecule has 0 spiro atoms. The molecule has 0 saturated carbocycles. The summed E-state index contributed by atoms with van der Waals surface area (Å²) in [6.45, 7) is 0.491. The van der Waals surface area contributed by atoms with Crippen molar-refractivity contribution < 1.29 is 9.59 Å². The van der Waals surface area contributed by atoms with Gasteiger partial charge in [-0.3, -0.25) is 9.59 Å². The summed E-state index contributed by atoms with van der Waals surface area (Å²) < 4.78 is 0.750. The molecule has 1 heterocycles. The molecule has 1 aliphatic heterocycles. The van der Waals surface area contributed by atoms with Gasteiger partial charge < -0.3 is 4.90 Å². The molecule has 0 N–H and O–H groups in total. The van der Waals surface area contributed by atoms with Crippen LogP contribution < -0.4 is 0 Å². The summed E-state index contributed by atoms with van der Waals surface area (Å²) in [7, 11) is 1.59. The van der Waals surface area contributed by atoms with Gasteiger partial charge in [0.15, 0.2) is 0 Å². The van der Waals surface area contributed by atoms with Crippen molar-refractivity contribution in [2.24, 2.45) is 0 Å². The SMILES string of the molecule is CN1CC(Br)=CC(=O)C1=O. The van der Waals surface area contributed by atoms with E-state index >= 15 is 0 Å². The Kier molecular flexibility index (Phi) is 1.89. The number of carbonyl (C=O) groups is 2. The predicted octanol–water partition coefficient (Wildman–Crippen LogP) is 0.306. The van der Waals surface area contributed by atoms with E-state index in [2.05, 4.69) is 15.9 Å². The van der Waals surface area contributed by atoms with E-state index in [0.29, 0.717) is 6.54 Å². The third-order valence-electron chi connectivity index (χ3n) is 1.23. The van der Waals surface area contributed by atoms with Crippen molar-refractivity contribution >= 4 is 27.6 Å². The molecule has 3 nitrogen and oxygen atoms in total. The van der Waals surface area contributed by atoms with Crippen molar-refractivity contribution in [2.75, 3.05) is 13.6 Å². The van der Waals surface area contributed by atoms with Crippen molar-refractivity contribution in [3.8, 4) is 0 Å². The van der Waals surface area contributed by atoms with Crippen molar-refractivity contribution in [2.45, 2.75) is 0 Å². The Labute approximate surface area is 66.8 Å². The van der Waals surface area contributed by atoms with Gasteiger partial charge in [0.2, 0.25) is 5.78 Å². The zero-order chi connectivity index (χ0) is 7.72. The number of hydrogen-bond acceptors (Lipinski definition) is 2. The van der Waals surface area contributed by atoms with Crippen molar-refractivity contribution in [3.63, 3.8) is 0 Å². The van der Waals surface area contributed by atoms with Crippen LogP contribution in [-0.2, 0) is 9.59 Å². The molecule has 0 aromatic carbocycles. The van der Waals surface area contributed by atoms with E-state index in [9.17, 15) is 9.59 Å². The van der Waals surface area contributed by atoms with Gasteiger partial charge >= 0.3 is 0 Å². The Balaban J connectivity index is 2.89. The average molecular weight is 204 g/mol. The minimum absolute atomic E-state index is 0.441. The first-order valence-electron chi connectivity index (χ1n) is 2.77. The van der Waals surface area contributed by atoms with E-state index in [1.165, 1.54) is 11.0 Å². The first-order valence-corrected chi connectivity index (χ1v) is 3.56. The largest absolute Gasteiger partial charge is 0.334 e. The summed E-state index contributed by atoms with van der Waals surface area (Å²) in [5.41, 5.74) is 0. The number of likely N-dealkylation sites (N-methyl/N-ethyl adjacent to an activating group) is 1. The maximum atomic E-state index is 10.8. The lowest BCUT2D eigenvalue weighted by atomic mass is 10.2. The molecule has 0 aromatic rings. The second-order valence-corrected chi connectivity index (χ2v) is 3.14. The molecule has 4 heteroatoms. The molecule has 10 heavy (non-hydrogen) atoms. The standard InChI is InChI=1S/C6H6BrNO2/c1-8-3-4(7)2-5(9)6(8)10/h2H,3H2,1H3. The van der Waals surface area contributed by atoms with Crippen molar-refractivity contribution in [3.05, 3.63) is 10.6 Å². The Morgan fingerprint density at radius 3 is 2.70 bits per heavy atom. The molecule has 1 aliphatic rings. The molecule has 1 amide bonds. The molecule has 0 radical (unpaired) electrons. The molecule has 0 bridgehead atoms. The zero-order valence-corrected chi connectivity index (χ0v) is 7.01. The van der Waals surface area contributed by atoms with Gasteiger partial charge in [-0.15, -0.1) is 0 Å². The van der Waals surface area contributed by atoms with Crippen LogP contribution in [0.15, 0.2) is 10.6 Å². The first kappa shape index (κ1) is 7.47. The van der Waals surface area contributed by atoms with Crippen LogP contribution in [-0.4, -0.2) is 30.2 Å². The predicted molar refractivity (Wildman–Crippen MR) is 39.7 cm³/mol. The van der Waals surface area contributed by atoms with Crippen LogP contribution >= 0.6 is 15.9 Å². The van der Waals surface area contributed by atoms with Gasteiger partial charge in [-0.05, 0) is 0 Å². The highest BCUT2D eigenvalue weighted by molar-refractivity contribution is 9.11. The maximum Gasteiger partial charge on any atom is 0.294 e. The van der Waals surface area contributed by atoms with E-state index in [4.69, 9.17) is 0 Å².